The lowest BCUT2D eigenvalue weighted by atomic mass is 10.2. The summed E-state index contributed by atoms with van der Waals surface area (Å²) in [5.74, 6) is 0.0347. The Bertz CT molecular complexity index is 634. The molecule has 1 saturated heterocycles. The van der Waals surface area contributed by atoms with Crippen molar-refractivity contribution in [1.29, 1.82) is 0 Å². The second kappa shape index (κ2) is 7.77. The fraction of sp³-hybridized carbons (Fsp3) is 0.647. The number of Topliss-reactive ketones (excluding diaryl/α,β-unsaturated/α-hetero) is 1. The van der Waals surface area contributed by atoms with Crippen LogP contribution in [0.3, 0.4) is 0 Å². The molecule has 1 fully saturated rings. The van der Waals surface area contributed by atoms with E-state index in [0.29, 0.717) is 44.1 Å². The van der Waals surface area contributed by atoms with Crippen LogP contribution in [0.15, 0.2) is 6.07 Å². The number of nitrogens with two attached hydrogens (primary N) is 1. The molecule has 0 aliphatic carbocycles. The number of anilines is 2. The molecule has 1 aliphatic rings. The van der Waals surface area contributed by atoms with Gasteiger partial charge in [-0.3, -0.25) is 14.5 Å². The van der Waals surface area contributed by atoms with Crippen LogP contribution < -0.4 is 10.6 Å². The molecule has 2 N–H and O–H groups in total. The highest BCUT2D eigenvalue weighted by atomic mass is 16.6. The molecule has 8 heteroatoms. The molecular weight excluding hydrogens is 322 g/mol. The van der Waals surface area contributed by atoms with E-state index in [1.807, 2.05) is 25.7 Å². The van der Waals surface area contributed by atoms with Gasteiger partial charge in [0.15, 0.2) is 11.6 Å². The number of carbonyl (C=O) groups excluding carboxylic acids is 2. The first-order valence-corrected chi connectivity index (χ1v) is 8.55. The Hall–Kier alpha value is -2.22. The summed E-state index contributed by atoms with van der Waals surface area (Å²) in [6, 6.07) is 1.71. The van der Waals surface area contributed by atoms with Crippen LogP contribution >= 0.6 is 0 Å². The van der Waals surface area contributed by atoms with E-state index in [0.717, 1.165) is 5.69 Å². The lowest BCUT2D eigenvalue weighted by molar-refractivity contribution is -0.156. The number of aromatic nitrogens is 2. The standard InChI is InChI=1S/C17H27N5O3/c1-5-14(23)12-10-13(16(18)20-19-12)22-8-6-21(7-9-22)11-15(24)25-17(2,3)4/h10H,5-9,11H2,1-4H3,(H2,18,20). The predicted octanol–water partition coefficient (Wildman–Crippen LogP) is 1.12. The number of hydrogen-bond acceptors (Lipinski definition) is 8. The maximum absolute atomic E-state index is 11.9. The van der Waals surface area contributed by atoms with Crippen LogP contribution in [0.4, 0.5) is 11.5 Å². The highest BCUT2D eigenvalue weighted by Crippen LogP contribution is 2.23. The monoisotopic (exact) mass is 349 g/mol. The molecule has 25 heavy (non-hydrogen) atoms. The van der Waals surface area contributed by atoms with E-state index >= 15 is 0 Å². The number of nitrogen functional groups attached to an aromatic ring is 1. The molecule has 2 rings (SSSR count). The molecule has 1 aromatic rings. The van der Waals surface area contributed by atoms with Gasteiger partial charge in [0.25, 0.3) is 0 Å². The highest BCUT2D eigenvalue weighted by molar-refractivity contribution is 5.95. The molecule has 1 aliphatic heterocycles. The van der Waals surface area contributed by atoms with Crippen LogP contribution in [0, 0.1) is 0 Å². The quantitative estimate of drug-likeness (QED) is 0.623. The Kier molecular flexibility index (Phi) is 5.94. The zero-order valence-corrected chi connectivity index (χ0v) is 15.4. The first-order valence-electron chi connectivity index (χ1n) is 8.55. The second-order valence-electron chi connectivity index (χ2n) is 7.13. The maximum atomic E-state index is 11.9. The Morgan fingerprint density at radius 2 is 1.84 bits per heavy atom. The van der Waals surface area contributed by atoms with Gasteiger partial charge in [-0.1, -0.05) is 6.92 Å². The zero-order valence-electron chi connectivity index (χ0n) is 15.4. The summed E-state index contributed by atoms with van der Waals surface area (Å²) in [5.41, 5.74) is 6.52. The summed E-state index contributed by atoms with van der Waals surface area (Å²) in [5, 5.41) is 7.78. The molecule has 0 bridgehead atoms. The number of rotatable bonds is 5. The summed E-state index contributed by atoms with van der Waals surface area (Å²) in [7, 11) is 0. The third-order valence-corrected chi connectivity index (χ3v) is 3.89. The van der Waals surface area contributed by atoms with Crippen molar-refractivity contribution in [2.75, 3.05) is 43.4 Å². The predicted molar refractivity (Wildman–Crippen MR) is 95.6 cm³/mol. The van der Waals surface area contributed by atoms with E-state index in [9.17, 15) is 9.59 Å². The van der Waals surface area contributed by atoms with Gasteiger partial charge in [-0.05, 0) is 26.8 Å². The zero-order chi connectivity index (χ0) is 18.6. The molecule has 0 unspecified atom stereocenters. The molecule has 1 aromatic heterocycles. The highest BCUT2D eigenvalue weighted by Gasteiger charge is 2.24. The Morgan fingerprint density at radius 1 is 1.20 bits per heavy atom. The van der Waals surface area contributed by atoms with Crippen molar-refractivity contribution in [3.8, 4) is 0 Å². The van der Waals surface area contributed by atoms with Crippen LogP contribution in [0.25, 0.3) is 0 Å². The number of nitrogens with zero attached hydrogens (tertiary/aromatic N) is 4. The lowest BCUT2D eigenvalue weighted by Crippen LogP contribution is -2.49. The third kappa shape index (κ3) is 5.38. The van der Waals surface area contributed by atoms with Crippen molar-refractivity contribution < 1.29 is 14.3 Å². The molecule has 138 valence electrons. The van der Waals surface area contributed by atoms with Gasteiger partial charge in [-0.15, -0.1) is 10.2 Å². The van der Waals surface area contributed by atoms with Crippen molar-refractivity contribution in [2.24, 2.45) is 0 Å². The van der Waals surface area contributed by atoms with Gasteiger partial charge in [0.2, 0.25) is 0 Å². The summed E-state index contributed by atoms with van der Waals surface area (Å²) >= 11 is 0. The fourth-order valence-corrected chi connectivity index (χ4v) is 2.67. The first kappa shape index (κ1) is 19.1. The first-order chi connectivity index (χ1) is 11.7. The van der Waals surface area contributed by atoms with E-state index in [-0.39, 0.29) is 18.3 Å². The van der Waals surface area contributed by atoms with Gasteiger partial charge >= 0.3 is 5.97 Å². The molecule has 2 heterocycles. The molecule has 0 saturated carbocycles. The minimum atomic E-state index is -0.474. The number of esters is 1. The molecule has 0 spiro atoms. The number of ether oxygens (including phenoxy) is 1. The number of ketones is 1. The van der Waals surface area contributed by atoms with Gasteiger partial charge in [0, 0.05) is 32.6 Å². The van der Waals surface area contributed by atoms with Crippen LogP contribution in [0.5, 0.6) is 0 Å². The summed E-state index contributed by atoms with van der Waals surface area (Å²) in [6.07, 6.45) is 0.377. The SMILES string of the molecule is CCC(=O)c1cc(N2CCN(CC(=O)OC(C)(C)C)CC2)c(N)nn1. The van der Waals surface area contributed by atoms with Crippen molar-refractivity contribution in [3.63, 3.8) is 0 Å². The second-order valence-corrected chi connectivity index (χ2v) is 7.13. The number of piperazine rings is 1. The fourth-order valence-electron chi connectivity index (χ4n) is 2.67. The molecule has 0 amide bonds. The minimum Gasteiger partial charge on any atom is -0.459 e. The van der Waals surface area contributed by atoms with Crippen LogP contribution in [0.2, 0.25) is 0 Å². The van der Waals surface area contributed by atoms with E-state index in [1.165, 1.54) is 0 Å². The smallest absolute Gasteiger partial charge is 0.320 e. The average molecular weight is 349 g/mol. The van der Waals surface area contributed by atoms with E-state index in [2.05, 4.69) is 15.1 Å². The van der Waals surface area contributed by atoms with E-state index in [1.54, 1.807) is 13.0 Å². The third-order valence-electron chi connectivity index (χ3n) is 3.89. The normalized spacial score (nSPS) is 15.9. The Morgan fingerprint density at radius 3 is 2.40 bits per heavy atom. The largest absolute Gasteiger partial charge is 0.459 e. The van der Waals surface area contributed by atoms with Crippen molar-refractivity contribution in [1.82, 2.24) is 15.1 Å². The molecule has 0 atom stereocenters. The average Bonchev–Trinajstić information content (AvgIpc) is 2.53. The van der Waals surface area contributed by atoms with Gasteiger partial charge in [-0.2, -0.15) is 0 Å². The molecular formula is C17H27N5O3. The Balaban J connectivity index is 1.96. The van der Waals surface area contributed by atoms with Crippen LogP contribution in [-0.4, -0.2) is 65.2 Å². The van der Waals surface area contributed by atoms with E-state index in [4.69, 9.17) is 10.5 Å². The number of hydrogen-bond donors (Lipinski definition) is 1. The Labute approximate surface area is 148 Å². The molecule has 0 radical (unpaired) electrons. The van der Waals surface area contributed by atoms with Gasteiger partial charge < -0.3 is 15.4 Å². The summed E-state index contributed by atoms with van der Waals surface area (Å²) < 4.78 is 5.36. The van der Waals surface area contributed by atoms with Gasteiger partial charge in [0.05, 0.1) is 12.2 Å². The van der Waals surface area contributed by atoms with Crippen molar-refractivity contribution in [2.45, 2.75) is 39.7 Å². The summed E-state index contributed by atoms with van der Waals surface area (Å²) in [6.45, 7) is 10.4. The molecule has 8 nitrogen and oxygen atoms in total. The maximum Gasteiger partial charge on any atom is 0.320 e. The van der Waals surface area contributed by atoms with Gasteiger partial charge in [0.1, 0.15) is 11.3 Å². The van der Waals surface area contributed by atoms with Crippen LogP contribution in [-0.2, 0) is 9.53 Å². The van der Waals surface area contributed by atoms with Crippen molar-refractivity contribution >= 4 is 23.3 Å². The summed E-state index contributed by atoms with van der Waals surface area (Å²) in [4.78, 5) is 27.9. The van der Waals surface area contributed by atoms with Gasteiger partial charge in [-0.25, -0.2) is 0 Å². The lowest BCUT2D eigenvalue weighted by Gasteiger charge is -2.36. The number of carbonyl (C=O) groups is 2. The van der Waals surface area contributed by atoms with E-state index < -0.39 is 5.60 Å². The van der Waals surface area contributed by atoms with Crippen molar-refractivity contribution in [3.05, 3.63) is 11.8 Å². The van der Waals surface area contributed by atoms with Crippen LogP contribution in [0.1, 0.15) is 44.6 Å². The minimum absolute atomic E-state index is 0.0580. The topological polar surface area (TPSA) is 102 Å². The molecule has 0 aromatic carbocycles.